The predicted octanol–water partition coefficient (Wildman–Crippen LogP) is 3.57. The predicted molar refractivity (Wildman–Crippen MR) is 94.3 cm³/mol. The fraction of sp³-hybridized carbons (Fsp3) is 0.211. The smallest absolute Gasteiger partial charge is 0.319 e. The van der Waals surface area contributed by atoms with Gasteiger partial charge in [-0.1, -0.05) is 11.8 Å². The van der Waals surface area contributed by atoms with Crippen molar-refractivity contribution in [3.63, 3.8) is 0 Å². The number of hydrogen-bond donors (Lipinski definition) is 2. The third-order valence-corrected chi connectivity index (χ3v) is 3.08. The first-order valence-corrected chi connectivity index (χ1v) is 7.89. The van der Waals surface area contributed by atoms with Crippen molar-refractivity contribution in [3.8, 4) is 23.3 Å². The molecule has 0 saturated heterocycles. The summed E-state index contributed by atoms with van der Waals surface area (Å²) in [7, 11) is 0. The van der Waals surface area contributed by atoms with E-state index in [0.29, 0.717) is 12.3 Å². The van der Waals surface area contributed by atoms with E-state index in [1.807, 2.05) is 6.92 Å². The minimum absolute atomic E-state index is 0.0786. The molecule has 0 bridgehead atoms. The highest BCUT2D eigenvalue weighted by Gasteiger charge is 2.03. The average molecular weight is 360 g/mol. The second-order valence-electron chi connectivity index (χ2n) is 4.98. The van der Waals surface area contributed by atoms with Crippen LogP contribution in [0.3, 0.4) is 0 Å². The molecular weight excluding hydrogens is 342 g/mol. The van der Waals surface area contributed by atoms with Gasteiger partial charge in [0.25, 0.3) is 0 Å². The van der Waals surface area contributed by atoms with Crippen LogP contribution < -0.4 is 20.1 Å². The third kappa shape index (κ3) is 6.32. The van der Waals surface area contributed by atoms with Gasteiger partial charge < -0.3 is 20.1 Å². The van der Waals surface area contributed by atoms with E-state index in [1.165, 1.54) is 6.07 Å². The molecule has 2 aromatic rings. The molecule has 0 aliphatic carbocycles. The first kappa shape index (κ1) is 19.1. The summed E-state index contributed by atoms with van der Waals surface area (Å²) in [5.41, 5.74) is 0.619. The number of anilines is 1. The Morgan fingerprint density at radius 3 is 2.54 bits per heavy atom. The zero-order valence-electron chi connectivity index (χ0n) is 14.1. The molecule has 2 amide bonds. The van der Waals surface area contributed by atoms with Crippen LogP contribution in [-0.2, 0) is 0 Å². The molecule has 0 aromatic heterocycles. The molecule has 0 spiro atoms. The Morgan fingerprint density at radius 2 is 1.85 bits per heavy atom. The number of ether oxygens (including phenoxy) is 2. The summed E-state index contributed by atoms with van der Waals surface area (Å²) in [4.78, 5) is 11.7. The fourth-order valence-electron chi connectivity index (χ4n) is 1.92. The summed E-state index contributed by atoms with van der Waals surface area (Å²) in [5, 5.41) is 5.21. The number of nitrogens with one attached hydrogen (secondary N) is 2. The van der Waals surface area contributed by atoms with Crippen LogP contribution in [0, 0.1) is 23.5 Å². The molecule has 0 aliphatic heterocycles. The lowest BCUT2D eigenvalue weighted by Crippen LogP contribution is -2.28. The van der Waals surface area contributed by atoms with Crippen molar-refractivity contribution < 1.29 is 23.0 Å². The van der Waals surface area contributed by atoms with E-state index in [0.717, 1.165) is 17.9 Å². The minimum Gasteiger partial charge on any atom is -0.494 e. The maximum absolute atomic E-state index is 13.3. The highest BCUT2D eigenvalue weighted by atomic mass is 19.1. The van der Waals surface area contributed by atoms with Crippen molar-refractivity contribution in [2.45, 2.75) is 6.92 Å². The SMILES string of the molecule is CCOc1ccc(NC(=O)NCC#CCOc2ccc(F)cc2F)cc1. The standard InChI is InChI=1S/C19H18F2N2O3/c1-2-25-16-8-6-15(7-9-16)23-19(24)22-11-3-4-12-26-18-10-5-14(20)13-17(18)21/h5-10,13H,2,11-12H2,1H3,(H2,22,23,24). The Labute approximate surface area is 150 Å². The largest absolute Gasteiger partial charge is 0.494 e. The molecule has 0 aliphatic rings. The Kier molecular flexibility index (Phi) is 7.25. The van der Waals surface area contributed by atoms with Crippen LogP contribution in [0.4, 0.5) is 19.3 Å². The van der Waals surface area contributed by atoms with Gasteiger partial charge in [-0.05, 0) is 43.3 Å². The third-order valence-electron chi connectivity index (χ3n) is 3.08. The van der Waals surface area contributed by atoms with Crippen molar-refractivity contribution >= 4 is 11.7 Å². The van der Waals surface area contributed by atoms with Gasteiger partial charge in [-0.3, -0.25) is 0 Å². The maximum atomic E-state index is 13.3. The Hall–Kier alpha value is -3.27. The molecule has 0 radical (unpaired) electrons. The first-order valence-electron chi connectivity index (χ1n) is 7.89. The van der Waals surface area contributed by atoms with Gasteiger partial charge in [0.05, 0.1) is 13.2 Å². The number of carbonyl (C=O) groups excluding carboxylic acids is 1. The molecule has 2 rings (SSSR count). The van der Waals surface area contributed by atoms with E-state index >= 15 is 0 Å². The molecule has 0 heterocycles. The molecule has 0 unspecified atom stereocenters. The van der Waals surface area contributed by atoms with E-state index in [9.17, 15) is 13.6 Å². The Bertz CT molecular complexity index is 799. The van der Waals surface area contributed by atoms with Crippen LogP contribution in [-0.4, -0.2) is 25.8 Å². The van der Waals surface area contributed by atoms with E-state index in [4.69, 9.17) is 9.47 Å². The number of halogens is 2. The van der Waals surface area contributed by atoms with Crippen molar-refractivity contribution in [1.29, 1.82) is 0 Å². The fourth-order valence-corrected chi connectivity index (χ4v) is 1.92. The summed E-state index contributed by atoms with van der Waals surface area (Å²) >= 11 is 0. The van der Waals surface area contributed by atoms with Crippen molar-refractivity contribution in [2.75, 3.05) is 25.1 Å². The normalized spacial score (nSPS) is 9.65. The molecule has 2 N–H and O–H groups in total. The lowest BCUT2D eigenvalue weighted by Gasteiger charge is -2.07. The van der Waals surface area contributed by atoms with Crippen LogP contribution >= 0.6 is 0 Å². The second kappa shape index (κ2) is 9.89. The van der Waals surface area contributed by atoms with Gasteiger partial charge in [0.1, 0.15) is 18.2 Å². The summed E-state index contributed by atoms with van der Waals surface area (Å²) in [6, 6.07) is 9.57. The summed E-state index contributed by atoms with van der Waals surface area (Å²) in [5.74, 6) is 4.46. The van der Waals surface area contributed by atoms with Crippen LogP contribution in [0.15, 0.2) is 42.5 Å². The quantitative estimate of drug-likeness (QED) is 0.775. The number of rotatable bonds is 6. The molecule has 136 valence electrons. The minimum atomic E-state index is -0.792. The van der Waals surface area contributed by atoms with Crippen LogP contribution in [0.2, 0.25) is 0 Å². The second-order valence-corrected chi connectivity index (χ2v) is 4.98. The Balaban J connectivity index is 1.69. The molecular formula is C19H18F2N2O3. The van der Waals surface area contributed by atoms with Gasteiger partial charge >= 0.3 is 6.03 Å². The van der Waals surface area contributed by atoms with Gasteiger partial charge in [-0.2, -0.15) is 0 Å². The molecule has 0 atom stereocenters. The average Bonchev–Trinajstić information content (AvgIpc) is 2.61. The molecule has 0 saturated carbocycles. The van der Waals surface area contributed by atoms with Gasteiger partial charge in [0.15, 0.2) is 11.6 Å². The lowest BCUT2D eigenvalue weighted by atomic mass is 10.3. The summed E-state index contributed by atoms with van der Waals surface area (Å²) in [6.45, 7) is 2.48. The number of amides is 2. The molecule has 0 fully saturated rings. The van der Waals surface area contributed by atoms with Gasteiger partial charge in [-0.15, -0.1) is 0 Å². The van der Waals surface area contributed by atoms with E-state index < -0.39 is 17.7 Å². The number of hydrogen-bond acceptors (Lipinski definition) is 3. The van der Waals surface area contributed by atoms with Crippen molar-refractivity contribution in [1.82, 2.24) is 5.32 Å². The summed E-state index contributed by atoms with van der Waals surface area (Å²) < 4.78 is 36.4. The molecule has 26 heavy (non-hydrogen) atoms. The van der Waals surface area contributed by atoms with Crippen molar-refractivity contribution in [3.05, 3.63) is 54.1 Å². The van der Waals surface area contributed by atoms with E-state index in [-0.39, 0.29) is 18.9 Å². The Morgan fingerprint density at radius 1 is 1.08 bits per heavy atom. The van der Waals surface area contributed by atoms with Crippen LogP contribution in [0.1, 0.15) is 6.92 Å². The molecule has 2 aromatic carbocycles. The highest BCUT2D eigenvalue weighted by Crippen LogP contribution is 2.17. The topological polar surface area (TPSA) is 59.6 Å². The number of carbonyl (C=O) groups is 1. The monoisotopic (exact) mass is 360 g/mol. The summed E-state index contributed by atoms with van der Waals surface area (Å²) in [6.07, 6.45) is 0. The number of benzene rings is 2. The maximum Gasteiger partial charge on any atom is 0.319 e. The van der Waals surface area contributed by atoms with Crippen LogP contribution in [0.5, 0.6) is 11.5 Å². The van der Waals surface area contributed by atoms with Gasteiger partial charge in [-0.25, -0.2) is 13.6 Å². The highest BCUT2D eigenvalue weighted by molar-refractivity contribution is 5.89. The first-order chi connectivity index (χ1) is 12.6. The lowest BCUT2D eigenvalue weighted by molar-refractivity contribution is 0.253. The van der Waals surface area contributed by atoms with E-state index in [1.54, 1.807) is 24.3 Å². The molecule has 7 heteroatoms. The zero-order chi connectivity index (χ0) is 18.8. The zero-order valence-corrected chi connectivity index (χ0v) is 14.1. The van der Waals surface area contributed by atoms with Crippen LogP contribution in [0.25, 0.3) is 0 Å². The van der Waals surface area contributed by atoms with Gasteiger partial charge in [0.2, 0.25) is 0 Å². The van der Waals surface area contributed by atoms with E-state index in [2.05, 4.69) is 22.5 Å². The van der Waals surface area contributed by atoms with Crippen molar-refractivity contribution in [2.24, 2.45) is 0 Å². The van der Waals surface area contributed by atoms with Gasteiger partial charge in [0, 0.05) is 11.8 Å². The number of urea groups is 1. The molecule has 5 nitrogen and oxygen atoms in total.